The lowest BCUT2D eigenvalue weighted by Crippen LogP contribution is -2.41. The summed E-state index contributed by atoms with van der Waals surface area (Å²) in [6.07, 6.45) is 3.06. The van der Waals surface area contributed by atoms with Crippen LogP contribution in [-0.4, -0.2) is 40.5 Å². The molecule has 1 atom stereocenters. The molecular formula is C11H18Cl2F2N4O. The van der Waals surface area contributed by atoms with Gasteiger partial charge in [0.1, 0.15) is 5.82 Å². The van der Waals surface area contributed by atoms with Gasteiger partial charge in [-0.1, -0.05) is 0 Å². The van der Waals surface area contributed by atoms with Crippen molar-refractivity contribution in [1.82, 2.24) is 20.2 Å². The van der Waals surface area contributed by atoms with Gasteiger partial charge in [0, 0.05) is 31.9 Å². The van der Waals surface area contributed by atoms with Crippen LogP contribution < -0.4 is 10.6 Å². The Labute approximate surface area is 128 Å². The van der Waals surface area contributed by atoms with Crippen LogP contribution in [0.5, 0.6) is 0 Å². The lowest BCUT2D eigenvalue weighted by molar-refractivity contribution is -0.123. The number of halogens is 4. The van der Waals surface area contributed by atoms with Crippen LogP contribution in [0.4, 0.5) is 8.78 Å². The average Bonchev–Trinajstić information content (AvgIpc) is 2.85. The van der Waals surface area contributed by atoms with Crippen molar-refractivity contribution in [2.24, 2.45) is 0 Å². The third kappa shape index (κ3) is 4.88. The van der Waals surface area contributed by atoms with Gasteiger partial charge in [0.25, 0.3) is 5.92 Å². The normalized spacial score (nSPS) is 19.9. The fourth-order valence-electron chi connectivity index (χ4n) is 1.96. The third-order valence-electron chi connectivity index (χ3n) is 3.00. The van der Waals surface area contributed by atoms with Crippen molar-refractivity contribution < 1.29 is 13.6 Å². The number of imidazole rings is 1. The van der Waals surface area contributed by atoms with Gasteiger partial charge in [-0.25, -0.2) is 13.8 Å². The van der Waals surface area contributed by atoms with Gasteiger partial charge >= 0.3 is 0 Å². The predicted molar refractivity (Wildman–Crippen MR) is 75.8 cm³/mol. The first kappa shape index (κ1) is 19.1. The Morgan fingerprint density at radius 2 is 2.30 bits per heavy atom. The molecule has 2 heterocycles. The van der Waals surface area contributed by atoms with E-state index in [4.69, 9.17) is 0 Å². The first-order valence-electron chi connectivity index (χ1n) is 5.85. The molecule has 1 aromatic heterocycles. The van der Waals surface area contributed by atoms with E-state index >= 15 is 0 Å². The van der Waals surface area contributed by atoms with E-state index in [0.717, 1.165) is 5.82 Å². The number of hydrogen-bond acceptors (Lipinski definition) is 3. The molecule has 1 fully saturated rings. The van der Waals surface area contributed by atoms with Crippen LogP contribution in [0.1, 0.15) is 12.2 Å². The number of carbonyl (C=O) groups excluding carboxylic acids is 1. The molecule has 1 aromatic rings. The maximum atomic E-state index is 12.9. The summed E-state index contributed by atoms with van der Waals surface area (Å²) in [7, 11) is 0. The summed E-state index contributed by atoms with van der Waals surface area (Å²) in [5, 5.41) is 5.16. The summed E-state index contributed by atoms with van der Waals surface area (Å²) < 4.78 is 27.7. The zero-order valence-corrected chi connectivity index (χ0v) is 12.6. The van der Waals surface area contributed by atoms with Crippen molar-refractivity contribution in [2.45, 2.75) is 31.9 Å². The number of carbonyl (C=O) groups is 1. The summed E-state index contributed by atoms with van der Waals surface area (Å²) in [5.41, 5.74) is 0. The van der Waals surface area contributed by atoms with Crippen molar-refractivity contribution in [3.8, 4) is 0 Å². The molecule has 0 radical (unpaired) electrons. The Morgan fingerprint density at radius 1 is 1.60 bits per heavy atom. The minimum atomic E-state index is -2.77. The number of aromatic nitrogens is 2. The molecule has 5 nitrogen and oxygen atoms in total. The van der Waals surface area contributed by atoms with Gasteiger partial charge in [-0.05, 0) is 6.92 Å². The van der Waals surface area contributed by atoms with E-state index in [9.17, 15) is 13.6 Å². The molecule has 116 valence electrons. The quantitative estimate of drug-likeness (QED) is 0.870. The van der Waals surface area contributed by atoms with Gasteiger partial charge < -0.3 is 9.88 Å². The maximum Gasteiger partial charge on any atom is 0.262 e. The van der Waals surface area contributed by atoms with Crippen LogP contribution in [0.3, 0.4) is 0 Å². The smallest absolute Gasteiger partial charge is 0.262 e. The van der Waals surface area contributed by atoms with E-state index in [1.165, 1.54) is 0 Å². The molecular weight excluding hydrogens is 313 g/mol. The SMILES string of the molecule is Cc1nccn1CCNC(=O)C1CC(F)(F)CN1.Cl.Cl. The molecule has 0 spiro atoms. The molecule has 1 saturated heterocycles. The van der Waals surface area contributed by atoms with Crippen molar-refractivity contribution in [2.75, 3.05) is 13.1 Å². The summed E-state index contributed by atoms with van der Waals surface area (Å²) in [5.74, 6) is -2.29. The zero-order chi connectivity index (χ0) is 13.2. The Balaban J connectivity index is 0.00000180. The van der Waals surface area contributed by atoms with Crippen LogP contribution in [0.2, 0.25) is 0 Å². The lowest BCUT2D eigenvalue weighted by Gasteiger charge is -2.11. The molecule has 2 N–H and O–H groups in total. The number of hydrogen-bond donors (Lipinski definition) is 2. The number of alkyl halides is 2. The molecule has 0 aliphatic carbocycles. The van der Waals surface area contributed by atoms with E-state index in [-0.39, 0.29) is 30.7 Å². The van der Waals surface area contributed by atoms with Crippen LogP contribution in [-0.2, 0) is 11.3 Å². The topological polar surface area (TPSA) is 59.0 Å². The fourth-order valence-corrected chi connectivity index (χ4v) is 1.96. The molecule has 9 heteroatoms. The summed E-state index contributed by atoms with van der Waals surface area (Å²) >= 11 is 0. The zero-order valence-electron chi connectivity index (χ0n) is 10.9. The van der Waals surface area contributed by atoms with E-state index in [0.29, 0.717) is 13.1 Å². The summed E-state index contributed by atoms with van der Waals surface area (Å²) in [4.78, 5) is 15.7. The standard InChI is InChI=1S/C11H16F2N4O.2ClH/c1-8-14-2-4-17(8)5-3-15-10(18)9-6-11(12,13)7-16-9;;/h2,4,9,16H,3,5-7H2,1H3,(H,15,18);2*1H. The van der Waals surface area contributed by atoms with Crippen LogP contribution in [0, 0.1) is 6.92 Å². The van der Waals surface area contributed by atoms with Crippen molar-refractivity contribution in [3.05, 3.63) is 18.2 Å². The second kappa shape index (κ2) is 7.75. The second-order valence-electron chi connectivity index (χ2n) is 4.45. The highest BCUT2D eigenvalue weighted by Crippen LogP contribution is 2.24. The van der Waals surface area contributed by atoms with E-state index in [2.05, 4.69) is 15.6 Å². The second-order valence-corrected chi connectivity index (χ2v) is 4.45. The fraction of sp³-hybridized carbons (Fsp3) is 0.636. The molecule has 2 rings (SSSR count). The molecule has 1 aliphatic heterocycles. The molecule has 1 aliphatic rings. The van der Waals surface area contributed by atoms with Gasteiger partial charge in [0.05, 0.1) is 12.6 Å². The molecule has 0 saturated carbocycles. The van der Waals surface area contributed by atoms with Gasteiger partial charge in [0.2, 0.25) is 5.91 Å². The summed E-state index contributed by atoms with van der Waals surface area (Å²) in [6, 6.07) is -0.788. The number of nitrogens with one attached hydrogen (secondary N) is 2. The van der Waals surface area contributed by atoms with Crippen molar-refractivity contribution in [3.63, 3.8) is 0 Å². The van der Waals surface area contributed by atoms with Gasteiger partial charge in [0.15, 0.2) is 0 Å². The Morgan fingerprint density at radius 3 is 2.80 bits per heavy atom. The molecule has 1 amide bonds. The minimum absolute atomic E-state index is 0. The van der Waals surface area contributed by atoms with Crippen LogP contribution in [0.15, 0.2) is 12.4 Å². The van der Waals surface area contributed by atoms with Crippen molar-refractivity contribution >= 4 is 30.7 Å². The third-order valence-corrected chi connectivity index (χ3v) is 3.00. The number of rotatable bonds is 4. The lowest BCUT2D eigenvalue weighted by atomic mass is 10.2. The summed E-state index contributed by atoms with van der Waals surface area (Å²) in [6.45, 7) is 2.42. The Kier molecular flexibility index (Phi) is 7.40. The van der Waals surface area contributed by atoms with E-state index in [1.54, 1.807) is 6.20 Å². The van der Waals surface area contributed by atoms with Gasteiger partial charge in [-0.15, -0.1) is 24.8 Å². The monoisotopic (exact) mass is 330 g/mol. The van der Waals surface area contributed by atoms with E-state index in [1.807, 2.05) is 17.7 Å². The van der Waals surface area contributed by atoms with Gasteiger partial charge in [-0.3, -0.25) is 10.1 Å². The molecule has 1 unspecified atom stereocenters. The Bertz CT molecular complexity index is 442. The molecule has 0 bridgehead atoms. The van der Waals surface area contributed by atoms with E-state index < -0.39 is 24.9 Å². The first-order valence-corrected chi connectivity index (χ1v) is 5.85. The van der Waals surface area contributed by atoms with Gasteiger partial charge in [-0.2, -0.15) is 0 Å². The highest BCUT2D eigenvalue weighted by Gasteiger charge is 2.42. The molecule has 0 aromatic carbocycles. The number of aryl methyl sites for hydroxylation is 1. The number of amides is 1. The average molecular weight is 331 g/mol. The van der Waals surface area contributed by atoms with Crippen molar-refractivity contribution in [1.29, 1.82) is 0 Å². The van der Waals surface area contributed by atoms with Crippen LogP contribution >= 0.6 is 24.8 Å². The minimum Gasteiger partial charge on any atom is -0.353 e. The number of nitrogens with zero attached hydrogens (tertiary/aromatic N) is 2. The predicted octanol–water partition coefficient (Wildman–Crippen LogP) is 1.15. The molecule has 20 heavy (non-hydrogen) atoms. The first-order chi connectivity index (χ1) is 8.48. The largest absolute Gasteiger partial charge is 0.353 e. The highest BCUT2D eigenvalue weighted by molar-refractivity contribution is 5.85. The highest BCUT2D eigenvalue weighted by atomic mass is 35.5. The maximum absolute atomic E-state index is 12.9. The van der Waals surface area contributed by atoms with Crippen LogP contribution in [0.25, 0.3) is 0 Å². The Hall–Kier alpha value is -0.920.